The lowest BCUT2D eigenvalue weighted by atomic mass is 9.95. The van der Waals surface area contributed by atoms with E-state index in [1.807, 2.05) is 19.2 Å². The van der Waals surface area contributed by atoms with Crippen molar-refractivity contribution in [2.24, 2.45) is 0 Å². The quantitative estimate of drug-likeness (QED) is 0.507. The molecule has 140 valence electrons. The Morgan fingerprint density at radius 1 is 1.15 bits per heavy atom. The number of fused-ring (bicyclic) bond motifs is 1. The Balaban J connectivity index is 2.03. The fourth-order valence-electron chi connectivity index (χ4n) is 3.38. The molecular formula is C24H28N2O. The van der Waals surface area contributed by atoms with Gasteiger partial charge in [0.1, 0.15) is 6.61 Å². The molecule has 3 rings (SSSR count). The van der Waals surface area contributed by atoms with Gasteiger partial charge in [0.05, 0.1) is 5.69 Å². The molecule has 0 atom stereocenters. The van der Waals surface area contributed by atoms with Crippen LogP contribution in [0.3, 0.4) is 0 Å². The van der Waals surface area contributed by atoms with E-state index < -0.39 is 0 Å². The van der Waals surface area contributed by atoms with E-state index in [0.29, 0.717) is 6.61 Å². The Bertz CT molecular complexity index is 865. The second-order valence-electron chi connectivity index (χ2n) is 6.55. The van der Waals surface area contributed by atoms with E-state index in [9.17, 15) is 0 Å². The van der Waals surface area contributed by atoms with Crippen LogP contribution in [0, 0.1) is 0 Å². The lowest BCUT2D eigenvalue weighted by Crippen LogP contribution is -2.16. The van der Waals surface area contributed by atoms with Crippen LogP contribution in [-0.4, -0.2) is 20.2 Å². The predicted molar refractivity (Wildman–Crippen MR) is 115 cm³/mol. The van der Waals surface area contributed by atoms with Crippen LogP contribution < -0.4 is 15.4 Å². The molecule has 0 aromatic heterocycles. The first kappa shape index (κ1) is 19.0. The summed E-state index contributed by atoms with van der Waals surface area (Å²) in [6.45, 7) is 7.35. The summed E-state index contributed by atoms with van der Waals surface area (Å²) in [5.74, 6) is 0.944. The standard InChI is InChI=1S/C24H28N2O/c1-4-6-7-11-20-17-19-13-14-22(21-12-9-8-10-18(21)5-2)24(23(19)26-20)27-16-15-25-3/h4,6-14,25-26H,1,5,15-17H2,2-3H3/b7-6-,20-11+. The number of hydrogen-bond donors (Lipinski definition) is 2. The van der Waals surface area contributed by atoms with Crippen LogP contribution in [0.5, 0.6) is 5.75 Å². The second-order valence-corrected chi connectivity index (χ2v) is 6.55. The van der Waals surface area contributed by atoms with Crippen LogP contribution in [0.2, 0.25) is 0 Å². The van der Waals surface area contributed by atoms with E-state index in [2.05, 4.69) is 66.6 Å². The Morgan fingerprint density at radius 3 is 2.78 bits per heavy atom. The van der Waals surface area contributed by atoms with Gasteiger partial charge in [0.2, 0.25) is 0 Å². The fraction of sp³-hybridized carbons (Fsp3) is 0.250. The molecule has 3 heteroatoms. The first-order chi connectivity index (χ1) is 13.3. The zero-order valence-electron chi connectivity index (χ0n) is 16.2. The highest BCUT2D eigenvalue weighted by Crippen LogP contribution is 2.44. The molecule has 2 aromatic carbocycles. The Labute approximate surface area is 162 Å². The summed E-state index contributed by atoms with van der Waals surface area (Å²) >= 11 is 0. The molecule has 0 fully saturated rings. The number of likely N-dealkylation sites (N-methyl/N-ethyl adjacent to an activating group) is 1. The van der Waals surface area contributed by atoms with Gasteiger partial charge in [0, 0.05) is 24.2 Å². The third-order valence-corrected chi connectivity index (χ3v) is 4.74. The lowest BCUT2D eigenvalue weighted by Gasteiger charge is -2.18. The van der Waals surface area contributed by atoms with Crippen molar-refractivity contribution in [3.8, 4) is 16.9 Å². The van der Waals surface area contributed by atoms with Crippen molar-refractivity contribution < 1.29 is 4.74 Å². The Hall–Kier alpha value is -2.78. The summed E-state index contributed by atoms with van der Waals surface area (Å²) in [5.41, 5.74) is 7.25. The first-order valence-electron chi connectivity index (χ1n) is 9.55. The average Bonchev–Trinajstić information content (AvgIpc) is 3.11. The molecule has 0 bridgehead atoms. The maximum Gasteiger partial charge on any atom is 0.150 e. The molecule has 0 spiro atoms. The van der Waals surface area contributed by atoms with Crippen LogP contribution >= 0.6 is 0 Å². The highest BCUT2D eigenvalue weighted by Gasteiger charge is 2.23. The summed E-state index contributed by atoms with van der Waals surface area (Å²) < 4.78 is 6.26. The molecule has 0 saturated carbocycles. The van der Waals surface area contributed by atoms with Crippen molar-refractivity contribution in [3.63, 3.8) is 0 Å². The maximum atomic E-state index is 6.26. The van der Waals surface area contributed by atoms with Gasteiger partial charge in [0.15, 0.2) is 5.75 Å². The van der Waals surface area contributed by atoms with Gasteiger partial charge in [-0.05, 0) is 36.2 Å². The van der Waals surface area contributed by atoms with Gasteiger partial charge < -0.3 is 15.4 Å². The van der Waals surface area contributed by atoms with Gasteiger partial charge in [0.25, 0.3) is 0 Å². The molecule has 1 aliphatic heterocycles. The minimum Gasteiger partial charge on any atom is -0.489 e. The topological polar surface area (TPSA) is 33.3 Å². The summed E-state index contributed by atoms with van der Waals surface area (Å²) in [4.78, 5) is 0. The minimum atomic E-state index is 0.630. The third kappa shape index (κ3) is 4.32. The summed E-state index contributed by atoms with van der Waals surface area (Å²) in [5, 5.41) is 6.72. The molecule has 0 amide bonds. The van der Waals surface area contributed by atoms with E-state index in [-0.39, 0.29) is 0 Å². The molecule has 27 heavy (non-hydrogen) atoms. The molecule has 0 radical (unpaired) electrons. The van der Waals surface area contributed by atoms with Crippen LogP contribution in [0.4, 0.5) is 5.69 Å². The molecule has 0 saturated heterocycles. The number of nitrogens with one attached hydrogen (secondary N) is 2. The number of ether oxygens (including phenoxy) is 1. The summed E-state index contributed by atoms with van der Waals surface area (Å²) in [6, 6.07) is 13.0. The van der Waals surface area contributed by atoms with Crippen molar-refractivity contribution in [1.82, 2.24) is 5.32 Å². The van der Waals surface area contributed by atoms with E-state index in [1.54, 1.807) is 6.08 Å². The molecule has 2 N–H and O–H groups in total. The minimum absolute atomic E-state index is 0.630. The van der Waals surface area contributed by atoms with Gasteiger partial charge in [-0.2, -0.15) is 0 Å². The molecule has 1 aliphatic rings. The van der Waals surface area contributed by atoms with Gasteiger partial charge in [-0.1, -0.05) is 68.1 Å². The highest BCUT2D eigenvalue weighted by atomic mass is 16.5. The van der Waals surface area contributed by atoms with Crippen molar-refractivity contribution >= 4 is 5.69 Å². The molecule has 2 aromatic rings. The van der Waals surface area contributed by atoms with E-state index in [4.69, 9.17) is 4.74 Å². The summed E-state index contributed by atoms with van der Waals surface area (Å²) in [7, 11) is 1.94. The normalized spacial score (nSPS) is 14.4. The SMILES string of the molecule is C=C/C=C\C=C1/Cc2ccc(-c3ccccc3CC)c(OCCNC)c2N1. The van der Waals surface area contributed by atoms with Gasteiger partial charge >= 0.3 is 0 Å². The van der Waals surface area contributed by atoms with Crippen molar-refractivity contribution in [2.75, 3.05) is 25.5 Å². The summed E-state index contributed by atoms with van der Waals surface area (Å²) in [6.07, 6.45) is 9.70. The molecule has 0 unspecified atom stereocenters. The molecular weight excluding hydrogens is 332 g/mol. The number of aryl methyl sites for hydroxylation is 1. The monoisotopic (exact) mass is 360 g/mol. The molecule has 0 aliphatic carbocycles. The third-order valence-electron chi connectivity index (χ3n) is 4.74. The number of allylic oxidation sites excluding steroid dienone is 5. The predicted octanol–water partition coefficient (Wildman–Crippen LogP) is 5.11. The van der Waals surface area contributed by atoms with Gasteiger partial charge in [-0.25, -0.2) is 0 Å². The van der Waals surface area contributed by atoms with Crippen molar-refractivity contribution in [2.45, 2.75) is 19.8 Å². The zero-order valence-corrected chi connectivity index (χ0v) is 16.2. The average molecular weight is 361 g/mol. The Kier molecular flexibility index (Phi) is 6.50. The van der Waals surface area contributed by atoms with Gasteiger partial charge in [-0.3, -0.25) is 0 Å². The van der Waals surface area contributed by atoms with E-state index in [0.717, 1.165) is 36.4 Å². The van der Waals surface area contributed by atoms with Crippen LogP contribution in [0.1, 0.15) is 18.1 Å². The van der Waals surface area contributed by atoms with E-state index >= 15 is 0 Å². The van der Waals surface area contributed by atoms with Crippen LogP contribution in [0.25, 0.3) is 11.1 Å². The maximum absolute atomic E-state index is 6.26. The second kappa shape index (κ2) is 9.24. The van der Waals surface area contributed by atoms with Crippen LogP contribution in [0.15, 0.2) is 73.0 Å². The number of anilines is 1. The molecule has 3 nitrogen and oxygen atoms in total. The number of hydrogen-bond acceptors (Lipinski definition) is 3. The number of rotatable bonds is 8. The number of benzene rings is 2. The highest BCUT2D eigenvalue weighted by molar-refractivity contribution is 5.84. The fourth-order valence-corrected chi connectivity index (χ4v) is 3.38. The first-order valence-corrected chi connectivity index (χ1v) is 9.55. The van der Waals surface area contributed by atoms with Crippen molar-refractivity contribution in [1.29, 1.82) is 0 Å². The lowest BCUT2D eigenvalue weighted by molar-refractivity contribution is 0.321. The zero-order chi connectivity index (χ0) is 19.1. The Morgan fingerprint density at radius 2 is 2.00 bits per heavy atom. The van der Waals surface area contributed by atoms with E-state index in [1.165, 1.54) is 22.4 Å². The van der Waals surface area contributed by atoms with Gasteiger partial charge in [-0.15, -0.1) is 0 Å². The van der Waals surface area contributed by atoms with Crippen molar-refractivity contribution in [3.05, 3.63) is 84.1 Å². The largest absolute Gasteiger partial charge is 0.489 e. The smallest absolute Gasteiger partial charge is 0.150 e. The molecule has 1 heterocycles. The van der Waals surface area contributed by atoms with Crippen LogP contribution in [-0.2, 0) is 12.8 Å².